The third-order valence-corrected chi connectivity index (χ3v) is 10.9. The number of hydrogen-bond donors (Lipinski definition) is 0. The monoisotopic (exact) mass is 693 g/mol. The Labute approximate surface area is 316 Å². The SMILES string of the molecule is CC(C)c1cc2c3c(c1)N(c1ccc(-c4ccncc4)cc1)c1ccc(-c4ccncc4)cc1B3c1cc(-c3ccncc3)ccc1N2c1ccccc1. The molecule has 5 nitrogen and oxygen atoms in total. The standard InChI is InChI=1S/C48H36BN5/c1-32(2)39-30-46-48-47(31-39)54(41-12-8-33(9-13-41)34-16-22-50-23-17-34)45-15-11-38(36-20-26-52-27-21-36)29-43(45)49(48)42-28-37(35-18-24-51-25-19-35)10-14-44(42)53(46)40-6-4-3-5-7-40/h3-32H,1-2H3. The van der Waals surface area contributed by atoms with Crippen LogP contribution in [0.5, 0.6) is 0 Å². The Morgan fingerprint density at radius 3 is 1.28 bits per heavy atom. The summed E-state index contributed by atoms with van der Waals surface area (Å²) in [4.78, 5) is 17.9. The minimum absolute atomic E-state index is 0.0166. The molecule has 10 rings (SSSR count). The predicted molar refractivity (Wildman–Crippen MR) is 224 cm³/mol. The molecule has 54 heavy (non-hydrogen) atoms. The lowest BCUT2D eigenvalue weighted by molar-refractivity contribution is 0.866. The number of hydrogen-bond acceptors (Lipinski definition) is 5. The molecule has 0 aliphatic carbocycles. The van der Waals surface area contributed by atoms with Crippen LogP contribution >= 0.6 is 0 Å². The van der Waals surface area contributed by atoms with Gasteiger partial charge in [-0.05, 0) is 146 Å². The molecule has 0 N–H and O–H groups in total. The average Bonchev–Trinajstić information content (AvgIpc) is 3.24. The first-order valence-electron chi connectivity index (χ1n) is 18.5. The quantitative estimate of drug-likeness (QED) is 0.162. The van der Waals surface area contributed by atoms with Gasteiger partial charge in [-0.1, -0.05) is 68.4 Å². The molecule has 0 atom stereocenters. The molecule has 5 heterocycles. The van der Waals surface area contributed by atoms with Crippen molar-refractivity contribution in [2.45, 2.75) is 19.8 Å². The van der Waals surface area contributed by atoms with Crippen LogP contribution in [0, 0.1) is 0 Å². The number of benzene rings is 5. The van der Waals surface area contributed by atoms with E-state index in [9.17, 15) is 0 Å². The van der Waals surface area contributed by atoms with Crippen molar-refractivity contribution in [1.82, 2.24) is 15.0 Å². The zero-order valence-electron chi connectivity index (χ0n) is 30.1. The normalized spacial score (nSPS) is 12.7. The van der Waals surface area contributed by atoms with Crippen molar-refractivity contribution >= 4 is 57.2 Å². The Morgan fingerprint density at radius 2 is 0.815 bits per heavy atom. The Hall–Kier alpha value is -6.79. The van der Waals surface area contributed by atoms with Crippen LogP contribution < -0.4 is 26.2 Å². The van der Waals surface area contributed by atoms with Crippen LogP contribution in [0.3, 0.4) is 0 Å². The van der Waals surface area contributed by atoms with Gasteiger partial charge in [0.25, 0.3) is 6.71 Å². The van der Waals surface area contributed by atoms with E-state index in [0.717, 1.165) is 33.6 Å². The lowest BCUT2D eigenvalue weighted by Crippen LogP contribution is -2.61. The van der Waals surface area contributed by atoms with Crippen LogP contribution in [-0.2, 0) is 0 Å². The first kappa shape index (κ1) is 31.9. The first-order chi connectivity index (χ1) is 26.6. The molecule has 2 aliphatic rings. The van der Waals surface area contributed by atoms with Gasteiger partial charge in [0.15, 0.2) is 0 Å². The second-order valence-corrected chi connectivity index (χ2v) is 14.4. The largest absolute Gasteiger partial charge is 0.311 e. The van der Waals surface area contributed by atoms with Gasteiger partial charge in [0.2, 0.25) is 0 Å². The van der Waals surface area contributed by atoms with Crippen LogP contribution in [0.4, 0.5) is 34.1 Å². The molecule has 0 spiro atoms. The van der Waals surface area contributed by atoms with Crippen LogP contribution in [0.25, 0.3) is 33.4 Å². The third-order valence-electron chi connectivity index (χ3n) is 10.9. The minimum atomic E-state index is -0.0166. The van der Waals surface area contributed by atoms with Gasteiger partial charge >= 0.3 is 0 Å². The Balaban J connectivity index is 1.28. The summed E-state index contributed by atoms with van der Waals surface area (Å²) >= 11 is 0. The van der Waals surface area contributed by atoms with E-state index in [1.54, 1.807) is 0 Å². The molecule has 8 aromatic rings. The molecule has 0 radical (unpaired) electrons. The molecule has 0 unspecified atom stereocenters. The van der Waals surface area contributed by atoms with Crippen molar-refractivity contribution in [2.24, 2.45) is 0 Å². The summed E-state index contributed by atoms with van der Waals surface area (Å²) < 4.78 is 0. The Morgan fingerprint density at radius 1 is 0.407 bits per heavy atom. The maximum absolute atomic E-state index is 4.33. The molecule has 3 aromatic heterocycles. The van der Waals surface area contributed by atoms with E-state index < -0.39 is 0 Å². The van der Waals surface area contributed by atoms with Crippen LogP contribution in [-0.4, -0.2) is 21.7 Å². The first-order valence-corrected chi connectivity index (χ1v) is 18.5. The van der Waals surface area contributed by atoms with Gasteiger partial charge in [-0.3, -0.25) is 15.0 Å². The van der Waals surface area contributed by atoms with Gasteiger partial charge in [-0.2, -0.15) is 0 Å². The Kier molecular flexibility index (Phi) is 7.69. The van der Waals surface area contributed by atoms with Crippen molar-refractivity contribution in [2.75, 3.05) is 9.80 Å². The summed E-state index contributed by atoms with van der Waals surface area (Å²) in [6.07, 6.45) is 11.2. The molecule has 0 fully saturated rings. The van der Waals surface area contributed by atoms with E-state index in [-0.39, 0.29) is 6.71 Å². The van der Waals surface area contributed by atoms with Gasteiger partial charge in [0.1, 0.15) is 0 Å². The van der Waals surface area contributed by atoms with E-state index in [2.05, 4.69) is 178 Å². The second kappa shape index (κ2) is 13.0. The highest BCUT2D eigenvalue weighted by molar-refractivity contribution is 7.00. The summed E-state index contributed by atoms with van der Waals surface area (Å²) in [5, 5.41) is 0. The molecule has 6 heteroatoms. The molecule has 0 saturated heterocycles. The summed E-state index contributed by atoms with van der Waals surface area (Å²) in [6, 6.07) is 51.2. The lowest BCUT2D eigenvalue weighted by Gasteiger charge is -2.45. The maximum Gasteiger partial charge on any atom is 0.252 e. The van der Waals surface area contributed by atoms with Crippen LogP contribution in [0.15, 0.2) is 177 Å². The molecule has 256 valence electrons. The van der Waals surface area contributed by atoms with E-state index >= 15 is 0 Å². The van der Waals surface area contributed by atoms with Crippen molar-refractivity contribution < 1.29 is 0 Å². The maximum atomic E-state index is 4.33. The molecule has 5 aromatic carbocycles. The van der Waals surface area contributed by atoms with E-state index in [1.807, 2.05) is 37.2 Å². The fourth-order valence-electron chi connectivity index (χ4n) is 8.29. The van der Waals surface area contributed by atoms with Gasteiger partial charge in [-0.25, -0.2) is 0 Å². The van der Waals surface area contributed by atoms with Crippen molar-refractivity contribution in [3.63, 3.8) is 0 Å². The highest BCUT2D eigenvalue weighted by Gasteiger charge is 2.44. The fourth-order valence-corrected chi connectivity index (χ4v) is 8.29. The number of anilines is 6. The third kappa shape index (κ3) is 5.29. The van der Waals surface area contributed by atoms with E-state index in [1.165, 1.54) is 55.8 Å². The van der Waals surface area contributed by atoms with Crippen molar-refractivity contribution in [3.05, 3.63) is 182 Å². The number of para-hydroxylation sites is 1. The molecule has 0 saturated carbocycles. The minimum Gasteiger partial charge on any atom is -0.311 e. The Bertz CT molecular complexity index is 2630. The second-order valence-electron chi connectivity index (χ2n) is 14.4. The zero-order valence-corrected chi connectivity index (χ0v) is 30.1. The summed E-state index contributed by atoms with van der Waals surface area (Å²) in [7, 11) is 0. The number of aromatic nitrogens is 3. The zero-order chi connectivity index (χ0) is 36.2. The predicted octanol–water partition coefficient (Wildman–Crippen LogP) is 10.1. The van der Waals surface area contributed by atoms with Crippen molar-refractivity contribution in [3.8, 4) is 33.4 Å². The molecule has 0 bridgehead atoms. The van der Waals surface area contributed by atoms with Gasteiger partial charge < -0.3 is 9.80 Å². The molecule has 0 amide bonds. The molecular weight excluding hydrogens is 657 g/mol. The molecular formula is C48H36BN5. The lowest BCUT2D eigenvalue weighted by atomic mass is 9.33. The number of rotatable bonds is 6. The number of fused-ring (bicyclic) bond motifs is 4. The smallest absolute Gasteiger partial charge is 0.252 e. The van der Waals surface area contributed by atoms with Gasteiger partial charge in [0, 0.05) is 71.3 Å². The highest BCUT2D eigenvalue weighted by atomic mass is 15.2. The molecule has 2 aliphatic heterocycles. The van der Waals surface area contributed by atoms with Crippen molar-refractivity contribution in [1.29, 1.82) is 0 Å². The number of nitrogens with zero attached hydrogens (tertiary/aromatic N) is 5. The fraction of sp³-hybridized carbons (Fsp3) is 0.0625. The van der Waals surface area contributed by atoms with Gasteiger partial charge in [0.05, 0.1) is 0 Å². The van der Waals surface area contributed by atoms with Gasteiger partial charge in [-0.15, -0.1) is 0 Å². The number of pyridine rings is 3. The summed E-state index contributed by atoms with van der Waals surface area (Å²) in [6.45, 7) is 4.57. The summed E-state index contributed by atoms with van der Waals surface area (Å²) in [5.74, 6) is 0.324. The average molecular weight is 694 g/mol. The van der Waals surface area contributed by atoms with E-state index in [4.69, 9.17) is 0 Å². The topological polar surface area (TPSA) is 45.2 Å². The highest BCUT2D eigenvalue weighted by Crippen LogP contribution is 2.46. The summed E-state index contributed by atoms with van der Waals surface area (Å²) in [5.41, 5.74) is 19.2. The van der Waals surface area contributed by atoms with E-state index in [0.29, 0.717) is 5.92 Å². The van der Waals surface area contributed by atoms with Crippen LogP contribution in [0.1, 0.15) is 25.3 Å². The van der Waals surface area contributed by atoms with Crippen LogP contribution in [0.2, 0.25) is 0 Å².